The van der Waals surface area contributed by atoms with Crippen molar-refractivity contribution >= 4 is 0 Å². The van der Waals surface area contributed by atoms with Crippen LogP contribution in [0.1, 0.15) is 35.5 Å². The van der Waals surface area contributed by atoms with E-state index >= 15 is 0 Å². The first-order valence-electron chi connectivity index (χ1n) is 5.90. The summed E-state index contributed by atoms with van der Waals surface area (Å²) in [5.41, 5.74) is 11.6. The van der Waals surface area contributed by atoms with Crippen molar-refractivity contribution in [3.05, 3.63) is 46.8 Å². The van der Waals surface area contributed by atoms with Crippen molar-refractivity contribution in [1.29, 1.82) is 0 Å². The SMILES string of the molecule is Cc1ccccc1-n1nc(C)c(C(C)N)c1C. The van der Waals surface area contributed by atoms with E-state index in [2.05, 4.69) is 31.1 Å². The van der Waals surface area contributed by atoms with Gasteiger partial charge < -0.3 is 5.73 Å². The molecule has 0 spiro atoms. The summed E-state index contributed by atoms with van der Waals surface area (Å²) in [5.74, 6) is 0. The summed E-state index contributed by atoms with van der Waals surface area (Å²) < 4.78 is 1.99. The maximum Gasteiger partial charge on any atom is 0.0678 e. The molecule has 0 radical (unpaired) electrons. The van der Waals surface area contributed by atoms with Crippen molar-refractivity contribution in [3.63, 3.8) is 0 Å². The van der Waals surface area contributed by atoms with Crippen molar-refractivity contribution in [2.45, 2.75) is 33.7 Å². The van der Waals surface area contributed by atoms with Crippen LogP contribution in [-0.4, -0.2) is 9.78 Å². The maximum atomic E-state index is 5.99. The van der Waals surface area contributed by atoms with Crippen LogP contribution < -0.4 is 5.73 Å². The molecule has 0 aliphatic carbocycles. The number of hydrogen-bond donors (Lipinski definition) is 1. The van der Waals surface area contributed by atoms with Crippen LogP contribution in [0.2, 0.25) is 0 Å². The highest BCUT2D eigenvalue weighted by molar-refractivity contribution is 5.43. The molecule has 2 aromatic rings. The van der Waals surface area contributed by atoms with E-state index in [-0.39, 0.29) is 6.04 Å². The van der Waals surface area contributed by atoms with E-state index in [0.29, 0.717) is 0 Å². The Hall–Kier alpha value is -1.61. The summed E-state index contributed by atoms with van der Waals surface area (Å²) in [6.45, 7) is 8.18. The van der Waals surface area contributed by atoms with Gasteiger partial charge in [0.25, 0.3) is 0 Å². The van der Waals surface area contributed by atoms with Crippen molar-refractivity contribution < 1.29 is 0 Å². The van der Waals surface area contributed by atoms with Gasteiger partial charge in [-0.2, -0.15) is 5.10 Å². The standard InChI is InChI=1S/C14H19N3/c1-9-7-5-6-8-13(9)17-12(4)14(10(2)15)11(3)16-17/h5-8,10H,15H2,1-4H3. The molecule has 1 unspecified atom stereocenters. The highest BCUT2D eigenvalue weighted by Crippen LogP contribution is 2.23. The summed E-state index contributed by atoms with van der Waals surface area (Å²) in [6, 6.07) is 8.27. The highest BCUT2D eigenvalue weighted by Gasteiger charge is 2.16. The molecule has 0 amide bonds. The van der Waals surface area contributed by atoms with Gasteiger partial charge in [-0.25, -0.2) is 4.68 Å². The summed E-state index contributed by atoms with van der Waals surface area (Å²) in [7, 11) is 0. The minimum absolute atomic E-state index is 0.0211. The number of nitrogens with two attached hydrogens (primary N) is 1. The lowest BCUT2D eigenvalue weighted by molar-refractivity contribution is 0.794. The van der Waals surface area contributed by atoms with Gasteiger partial charge in [0.2, 0.25) is 0 Å². The molecule has 1 atom stereocenters. The molecular weight excluding hydrogens is 210 g/mol. The molecule has 3 heteroatoms. The molecule has 0 saturated heterocycles. The predicted molar refractivity (Wildman–Crippen MR) is 70.4 cm³/mol. The average Bonchev–Trinajstić information content (AvgIpc) is 2.55. The zero-order valence-corrected chi connectivity index (χ0v) is 10.9. The van der Waals surface area contributed by atoms with Crippen molar-refractivity contribution in [1.82, 2.24) is 9.78 Å². The third kappa shape index (κ3) is 1.98. The third-order valence-corrected chi connectivity index (χ3v) is 3.15. The Morgan fingerprint density at radius 1 is 1.18 bits per heavy atom. The van der Waals surface area contributed by atoms with Crippen LogP contribution in [0, 0.1) is 20.8 Å². The minimum atomic E-state index is 0.0211. The Balaban J connectivity index is 2.62. The van der Waals surface area contributed by atoms with Crippen molar-refractivity contribution in [2.75, 3.05) is 0 Å². The zero-order valence-electron chi connectivity index (χ0n) is 10.9. The van der Waals surface area contributed by atoms with Crippen molar-refractivity contribution in [3.8, 4) is 5.69 Å². The van der Waals surface area contributed by atoms with E-state index < -0.39 is 0 Å². The lowest BCUT2D eigenvalue weighted by atomic mass is 10.1. The van der Waals surface area contributed by atoms with Crippen LogP contribution >= 0.6 is 0 Å². The summed E-state index contributed by atoms with van der Waals surface area (Å²) in [4.78, 5) is 0. The Bertz CT molecular complexity index is 538. The monoisotopic (exact) mass is 229 g/mol. The van der Waals surface area contributed by atoms with Gasteiger partial charge in [0.15, 0.2) is 0 Å². The molecule has 1 heterocycles. The van der Waals surface area contributed by atoms with Crippen LogP contribution in [0.3, 0.4) is 0 Å². The van der Waals surface area contributed by atoms with Gasteiger partial charge in [-0.05, 0) is 39.3 Å². The van der Waals surface area contributed by atoms with Gasteiger partial charge >= 0.3 is 0 Å². The molecule has 3 nitrogen and oxygen atoms in total. The van der Waals surface area contributed by atoms with Crippen LogP contribution in [0.4, 0.5) is 0 Å². The van der Waals surface area contributed by atoms with Gasteiger partial charge in [0.05, 0.1) is 11.4 Å². The molecule has 2 N–H and O–H groups in total. The van der Waals surface area contributed by atoms with Crippen molar-refractivity contribution in [2.24, 2.45) is 5.73 Å². The second-order valence-corrected chi connectivity index (χ2v) is 4.57. The molecule has 2 rings (SSSR count). The molecule has 17 heavy (non-hydrogen) atoms. The number of aromatic nitrogens is 2. The molecule has 0 fully saturated rings. The number of para-hydroxylation sites is 1. The Morgan fingerprint density at radius 2 is 1.82 bits per heavy atom. The largest absolute Gasteiger partial charge is 0.324 e. The van der Waals surface area contributed by atoms with Gasteiger partial charge in [0.1, 0.15) is 0 Å². The summed E-state index contributed by atoms with van der Waals surface area (Å²) >= 11 is 0. The van der Waals surface area contributed by atoms with Gasteiger partial charge in [-0.1, -0.05) is 18.2 Å². The van der Waals surface area contributed by atoms with Crippen LogP contribution in [0.25, 0.3) is 5.69 Å². The second kappa shape index (κ2) is 4.34. The fraction of sp³-hybridized carbons (Fsp3) is 0.357. The highest BCUT2D eigenvalue weighted by atomic mass is 15.3. The lowest BCUT2D eigenvalue weighted by Crippen LogP contribution is -2.08. The Kier molecular flexibility index (Phi) is 3.03. The normalized spacial score (nSPS) is 12.8. The molecule has 0 bridgehead atoms. The van der Waals surface area contributed by atoms with E-state index in [1.807, 2.05) is 30.7 Å². The Morgan fingerprint density at radius 3 is 2.35 bits per heavy atom. The van der Waals surface area contributed by atoms with Gasteiger partial charge in [-0.3, -0.25) is 0 Å². The topological polar surface area (TPSA) is 43.8 Å². The predicted octanol–water partition coefficient (Wildman–Crippen LogP) is 2.82. The number of aryl methyl sites for hydroxylation is 2. The van der Waals surface area contributed by atoms with Crippen LogP contribution in [-0.2, 0) is 0 Å². The van der Waals surface area contributed by atoms with Gasteiger partial charge in [0, 0.05) is 17.3 Å². The molecule has 0 aliphatic heterocycles. The number of nitrogens with zero attached hydrogens (tertiary/aromatic N) is 2. The molecule has 1 aromatic heterocycles. The first-order valence-corrected chi connectivity index (χ1v) is 5.90. The number of benzene rings is 1. The second-order valence-electron chi connectivity index (χ2n) is 4.57. The van der Waals surface area contributed by atoms with E-state index in [1.54, 1.807) is 0 Å². The van der Waals surface area contributed by atoms with E-state index in [1.165, 1.54) is 5.56 Å². The number of hydrogen-bond acceptors (Lipinski definition) is 2. The van der Waals surface area contributed by atoms with E-state index in [4.69, 9.17) is 5.73 Å². The van der Waals surface area contributed by atoms with Gasteiger partial charge in [-0.15, -0.1) is 0 Å². The van der Waals surface area contributed by atoms with Crippen LogP contribution in [0.5, 0.6) is 0 Å². The molecule has 1 aromatic carbocycles. The smallest absolute Gasteiger partial charge is 0.0678 e. The summed E-state index contributed by atoms with van der Waals surface area (Å²) in [6.07, 6.45) is 0. The minimum Gasteiger partial charge on any atom is -0.324 e. The average molecular weight is 229 g/mol. The summed E-state index contributed by atoms with van der Waals surface area (Å²) in [5, 5.41) is 4.60. The molecule has 90 valence electrons. The lowest BCUT2D eigenvalue weighted by Gasteiger charge is -2.09. The zero-order chi connectivity index (χ0) is 12.6. The van der Waals surface area contributed by atoms with Crippen LogP contribution in [0.15, 0.2) is 24.3 Å². The quantitative estimate of drug-likeness (QED) is 0.860. The molecule has 0 saturated carbocycles. The first kappa shape index (κ1) is 11.9. The molecular formula is C14H19N3. The van der Waals surface area contributed by atoms with E-state index in [9.17, 15) is 0 Å². The third-order valence-electron chi connectivity index (χ3n) is 3.15. The molecule has 0 aliphatic rings. The fourth-order valence-corrected chi connectivity index (χ4v) is 2.35. The maximum absolute atomic E-state index is 5.99. The number of rotatable bonds is 2. The fourth-order valence-electron chi connectivity index (χ4n) is 2.35. The first-order chi connectivity index (χ1) is 8.02. The Labute approximate surface area is 102 Å². The van der Waals surface area contributed by atoms with E-state index in [0.717, 1.165) is 22.6 Å².